The van der Waals surface area contributed by atoms with Crippen LogP contribution in [-0.2, 0) is 0 Å². The first-order valence-corrected chi connectivity index (χ1v) is 5.14. The van der Waals surface area contributed by atoms with Crippen molar-refractivity contribution in [1.82, 2.24) is 10.2 Å². The fourth-order valence-electron chi connectivity index (χ4n) is 1.64. The smallest absolute Gasteiger partial charge is 0.119 e. The molecule has 0 aliphatic rings. The summed E-state index contributed by atoms with van der Waals surface area (Å²) >= 11 is 0. The van der Waals surface area contributed by atoms with Crippen molar-refractivity contribution in [3.05, 3.63) is 29.8 Å². The van der Waals surface area contributed by atoms with Gasteiger partial charge < -0.3 is 15.0 Å². The highest BCUT2D eigenvalue weighted by atomic mass is 16.5. The van der Waals surface area contributed by atoms with E-state index in [2.05, 4.69) is 36.4 Å². The molecular formula is C12H20N2O. The minimum Gasteiger partial charge on any atom is -0.497 e. The Labute approximate surface area is 92.0 Å². The first-order valence-electron chi connectivity index (χ1n) is 5.14. The Morgan fingerprint density at radius 3 is 2.67 bits per heavy atom. The molecule has 0 amide bonds. The minimum absolute atomic E-state index is 0.380. The first kappa shape index (κ1) is 12.0. The molecule has 0 aliphatic carbocycles. The van der Waals surface area contributed by atoms with Crippen LogP contribution in [0.3, 0.4) is 0 Å². The van der Waals surface area contributed by atoms with Gasteiger partial charge in [-0.15, -0.1) is 0 Å². The van der Waals surface area contributed by atoms with Crippen LogP contribution in [0.1, 0.15) is 11.6 Å². The number of ether oxygens (including phenoxy) is 1. The molecule has 3 nitrogen and oxygen atoms in total. The summed E-state index contributed by atoms with van der Waals surface area (Å²) in [7, 11) is 7.83. The summed E-state index contributed by atoms with van der Waals surface area (Å²) in [6.07, 6.45) is 0. The van der Waals surface area contributed by atoms with Gasteiger partial charge in [0.2, 0.25) is 0 Å². The Kier molecular flexibility index (Phi) is 4.59. The number of nitrogens with one attached hydrogen (secondary N) is 1. The highest BCUT2D eigenvalue weighted by molar-refractivity contribution is 5.30. The fourth-order valence-corrected chi connectivity index (χ4v) is 1.64. The molecule has 1 rings (SSSR count). The van der Waals surface area contributed by atoms with Gasteiger partial charge in [-0.3, -0.25) is 0 Å². The van der Waals surface area contributed by atoms with Gasteiger partial charge in [0.1, 0.15) is 5.75 Å². The number of hydrogen-bond acceptors (Lipinski definition) is 3. The topological polar surface area (TPSA) is 24.5 Å². The maximum Gasteiger partial charge on any atom is 0.119 e. The molecule has 0 heterocycles. The molecule has 3 heteroatoms. The molecule has 0 spiro atoms. The third kappa shape index (κ3) is 3.22. The normalized spacial score (nSPS) is 12.9. The summed E-state index contributed by atoms with van der Waals surface area (Å²) in [6.45, 7) is 0.931. The van der Waals surface area contributed by atoms with E-state index in [1.165, 1.54) is 5.56 Å². The lowest BCUT2D eigenvalue weighted by atomic mass is 10.1. The molecule has 0 aromatic heterocycles. The highest BCUT2D eigenvalue weighted by Gasteiger charge is 2.13. The molecule has 0 fully saturated rings. The standard InChI is InChI=1S/C12H20N2O/c1-13-9-12(14(2)3)10-6-5-7-11(8-10)15-4/h5-8,12-13H,9H2,1-4H3. The lowest BCUT2D eigenvalue weighted by Crippen LogP contribution is -2.29. The van der Waals surface area contributed by atoms with E-state index in [-0.39, 0.29) is 0 Å². The van der Waals surface area contributed by atoms with E-state index in [9.17, 15) is 0 Å². The summed E-state index contributed by atoms with van der Waals surface area (Å²) in [4.78, 5) is 2.20. The Morgan fingerprint density at radius 2 is 2.13 bits per heavy atom. The zero-order valence-electron chi connectivity index (χ0n) is 9.95. The molecule has 1 unspecified atom stereocenters. The van der Waals surface area contributed by atoms with Crippen LogP contribution in [0.5, 0.6) is 5.75 Å². The molecule has 0 bridgehead atoms. The molecular weight excluding hydrogens is 188 g/mol. The maximum atomic E-state index is 5.22. The van der Waals surface area contributed by atoms with Crippen molar-refractivity contribution in [2.24, 2.45) is 0 Å². The van der Waals surface area contributed by atoms with Gasteiger partial charge in [0, 0.05) is 12.6 Å². The van der Waals surface area contributed by atoms with Crippen molar-refractivity contribution in [2.45, 2.75) is 6.04 Å². The van der Waals surface area contributed by atoms with Crippen LogP contribution < -0.4 is 10.1 Å². The third-order valence-electron chi connectivity index (χ3n) is 2.50. The summed E-state index contributed by atoms with van der Waals surface area (Å²) in [5.41, 5.74) is 1.27. The van der Waals surface area contributed by atoms with Gasteiger partial charge in [-0.05, 0) is 38.8 Å². The molecule has 84 valence electrons. The molecule has 15 heavy (non-hydrogen) atoms. The molecule has 1 aromatic carbocycles. The van der Waals surface area contributed by atoms with Gasteiger partial charge in [0.15, 0.2) is 0 Å². The predicted molar refractivity (Wildman–Crippen MR) is 63.3 cm³/mol. The van der Waals surface area contributed by atoms with Crippen LogP contribution >= 0.6 is 0 Å². The van der Waals surface area contributed by atoms with Crippen molar-refractivity contribution >= 4 is 0 Å². The summed E-state index contributed by atoms with van der Waals surface area (Å²) in [6, 6.07) is 8.59. The predicted octanol–water partition coefficient (Wildman–Crippen LogP) is 1.52. The van der Waals surface area contributed by atoms with Gasteiger partial charge in [0.25, 0.3) is 0 Å². The zero-order chi connectivity index (χ0) is 11.3. The zero-order valence-corrected chi connectivity index (χ0v) is 9.95. The van der Waals surface area contributed by atoms with Gasteiger partial charge >= 0.3 is 0 Å². The van der Waals surface area contributed by atoms with Crippen molar-refractivity contribution in [2.75, 3.05) is 34.8 Å². The Morgan fingerprint density at radius 1 is 1.40 bits per heavy atom. The summed E-state index contributed by atoms with van der Waals surface area (Å²) < 4.78 is 5.22. The van der Waals surface area contributed by atoms with Crippen LogP contribution in [0, 0.1) is 0 Å². The monoisotopic (exact) mass is 208 g/mol. The van der Waals surface area contributed by atoms with Crippen molar-refractivity contribution in [1.29, 1.82) is 0 Å². The minimum atomic E-state index is 0.380. The van der Waals surface area contributed by atoms with Gasteiger partial charge in [-0.2, -0.15) is 0 Å². The van der Waals surface area contributed by atoms with Crippen molar-refractivity contribution in [3.63, 3.8) is 0 Å². The highest BCUT2D eigenvalue weighted by Crippen LogP contribution is 2.21. The third-order valence-corrected chi connectivity index (χ3v) is 2.50. The lowest BCUT2D eigenvalue weighted by molar-refractivity contribution is 0.293. The van der Waals surface area contributed by atoms with Crippen LogP contribution in [0.2, 0.25) is 0 Å². The Balaban J connectivity index is 2.89. The van der Waals surface area contributed by atoms with E-state index in [1.807, 2.05) is 19.2 Å². The Bertz CT molecular complexity index is 299. The van der Waals surface area contributed by atoms with E-state index in [4.69, 9.17) is 4.74 Å². The molecule has 1 atom stereocenters. The maximum absolute atomic E-state index is 5.22. The van der Waals surface area contributed by atoms with E-state index in [0.717, 1.165) is 12.3 Å². The van der Waals surface area contributed by atoms with Gasteiger partial charge in [-0.25, -0.2) is 0 Å². The fraction of sp³-hybridized carbons (Fsp3) is 0.500. The number of rotatable bonds is 5. The second-order valence-electron chi connectivity index (χ2n) is 3.81. The number of likely N-dealkylation sites (N-methyl/N-ethyl adjacent to an activating group) is 2. The average molecular weight is 208 g/mol. The van der Waals surface area contributed by atoms with Crippen molar-refractivity contribution in [3.8, 4) is 5.75 Å². The molecule has 0 radical (unpaired) electrons. The van der Waals surface area contributed by atoms with Gasteiger partial charge in [-0.1, -0.05) is 12.1 Å². The second kappa shape index (κ2) is 5.73. The Hall–Kier alpha value is -1.06. The number of nitrogens with zero attached hydrogens (tertiary/aromatic N) is 1. The molecule has 0 aliphatic heterocycles. The number of methoxy groups -OCH3 is 1. The van der Waals surface area contributed by atoms with Gasteiger partial charge in [0.05, 0.1) is 7.11 Å². The van der Waals surface area contributed by atoms with Crippen LogP contribution in [0.4, 0.5) is 0 Å². The van der Waals surface area contributed by atoms with E-state index in [0.29, 0.717) is 6.04 Å². The lowest BCUT2D eigenvalue weighted by Gasteiger charge is -2.24. The molecule has 1 aromatic rings. The van der Waals surface area contributed by atoms with E-state index in [1.54, 1.807) is 7.11 Å². The molecule has 1 N–H and O–H groups in total. The van der Waals surface area contributed by atoms with Crippen LogP contribution in [0.15, 0.2) is 24.3 Å². The van der Waals surface area contributed by atoms with E-state index < -0.39 is 0 Å². The number of benzene rings is 1. The van der Waals surface area contributed by atoms with Crippen LogP contribution in [-0.4, -0.2) is 39.7 Å². The summed E-state index contributed by atoms with van der Waals surface area (Å²) in [5.74, 6) is 0.912. The van der Waals surface area contributed by atoms with E-state index >= 15 is 0 Å². The molecule has 0 saturated heterocycles. The first-order chi connectivity index (χ1) is 7.19. The second-order valence-corrected chi connectivity index (χ2v) is 3.81. The quantitative estimate of drug-likeness (QED) is 0.794. The summed E-state index contributed by atoms with van der Waals surface area (Å²) in [5, 5.41) is 3.20. The average Bonchev–Trinajstić information content (AvgIpc) is 2.25. The molecule has 0 saturated carbocycles. The SMILES string of the molecule is CNCC(c1cccc(OC)c1)N(C)C. The number of hydrogen-bond donors (Lipinski definition) is 1. The largest absolute Gasteiger partial charge is 0.497 e. The van der Waals surface area contributed by atoms with Crippen LogP contribution in [0.25, 0.3) is 0 Å². The van der Waals surface area contributed by atoms with Crippen molar-refractivity contribution < 1.29 is 4.74 Å².